The van der Waals surface area contributed by atoms with Gasteiger partial charge in [-0.15, -0.1) is 0 Å². The van der Waals surface area contributed by atoms with E-state index in [2.05, 4.69) is 10.5 Å². The largest absolute Gasteiger partial charge is 0.497 e. The Balaban J connectivity index is 1.81. The van der Waals surface area contributed by atoms with E-state index in [0.717, 1.165) is 16.7 Å². The molecular weight excluding hydrogens is 352 g/mol. The Bertz CT molecular complexity index is 901. The third-order valence-electron chi connectivity index (χ3n) is 4.35. The van der Waals surface area contributed by atoms with Crippen molar-refractivity contribution < 1.29 is 14.3 Å². The minimum absolute atomic E-state index is 0.207. The molecular formula is C23H22N2O3. The van der Waals surface area contributed by atoms with E-state index < -0.39 is 5.92 Å². The van der Waals surface area contributed by atoms with E-state index in [1.165, 1.54) is 0 Å². The van der Waals surface area contributed by atoms with Crippen LogP contribution in [0.4, 0.5) is 0 Å². The third kappa shape index (κ3) is 4.57. The highest BCUT2D eigenvalue weighted by Gasteiger charge is 2.22. The van der Waals surface area contributed by atoms with Crippen molar-refractivity contribution in [3.63, 3.8) is 0 Å². The number of nitrogens with one attached hydrogen (secondary N) is 1. The standard InChI is InChI=1S/C23H22N2O3/c1-27-20-14-13-19(21(15-20)28-2)16-24-25-23(26)22(17-9-5-3-6-10-17)18-11-7-4-8-12-18/h3-16,22H,1-2H3,(H,25,26)/b24-16+. The molecule has 0 aromatic heterocycles. The molecule has 0 fully saturated rings. The molecule has 0 aliphatic heterocycles. The molecule has 0 atom stereocenters. The lowest BCUT2D eigenvalue weighted by molar-refractivity contribution is -0.121. The van der Waals surface area contributed by atoms with Crippen LogP contribution < -0.4 is 14.9 Å². The predicted octanol–water partition coefficient (Wildman–Crippen LogP) is 3.99. The summed E-state index contributed by atoms with van der Waals surface area (Å²) in [5.41, 5.74) is 5.20. The Morgan fingerprint density at radius 3 is 2.04 bits per heavy atom. The normalized spacial score (nSPS) is 10.8. The highest BCUT2D eigenvalue weighted by molar-refractivity contribution is 5.89. The van der Waals surface area contributed by atoms with Crippen LogP contribution in [-0.2, 0) is 4.79 Å². The number of hydrogen-bond acceptors (Lipinski definition) is 4. The van der Waals surface area contributed by atoms with Crippen LogP contribution in [-0.4, -0.2) is 26.3 Å². The Kier molecular flexibility index (Phi) is 6.41. The van der Waals surface area contributed by atoms with E-state index in [-0.39, 0.29) is 5.91 Å². The number of hydrazone groups is 1. The zero-order valence-electron chi connectivity index (χ0n) is 15.8. The summed E-state index contributed by atoms with van der Waals surface area (Å²) in [7, 11) is 3.17. The first-order chi connectivity index (χ1) is 13.7. The van der Waals surface area contributed by atoms with Gasteiger partial charge in [0.15, 0.2) is 0 Å². The summed E-state index contributed by atoms with van der Waals surface area (Å²) < 4.78 is 10.5. The van der Waals surface area contributed by atoms with E-state index in [0.29, 0.717) is 11.5 Å². The molecule has 28 heavy (non-hydrogen) atoms. The molecule has 0 saturated heterocycles. The van der Waals surface area contributed by atoms with Crippen LogP contribution in [0.2, 0.25) is 0 Å². The van der Waals surface area contributed by atoms with E-state index in [1.54, 1.807) is 26.5 Å². The van der Waals surface area contributed by atoms with Crippen molar-refractivity contribution in [2.75, 3.05) is 14.2 Å². The number of carbonyl (C=O) groups excluding carboxylic acids is 1. The third-order valence-corrected chi connectivity index (χ3v) is 4.35. The van der Waals surface area contributed by atoms with Crippen LogP contribution in [0.3, 0.4) is 0 Å². The molecule has 5 nitrogen and oxygen atoms in total. The topological polar surface area (TPSA) is 59.9 Å². The number of amides is 1. The quantitative estimate of drug-likeness (QED) is 0.503. The average molecular weight is 374 g/mol. The number of ether oxygens (including phenoxy) is 2. The average Bonchev–Trinajstić information content (AvgIpc) is 2.75. The van der Waals surface area contributed by atoms with Crippen molar-refractivity contribution in [3.8, 4) is 11.5 Å². The van der Waals surface area contributed by atoms with Gasteiger partial charge in [-0.05, 0) is 23.3 Å². The van der Waals surface area contributed by atoms with Gasteiger partial charge in [-0.25, -0.2) is 5.43 Å². The molecule has 3 rings (SSSR count). The second kappa shape index (κ2) is 9.37. The van der Waals surface area contributed by atoms with E-state index in [1.807, 2.05) is 72.8 Å². The van der Waals surface area contributed by atoms with Crippen molar-refractivity contribution in [3.05, 3.63) is 95.6 Å². The maximum atomic E-state index is 12.9. The lowest BCUT2D eigenvalue weighted by Crippen LogP contribution is -2.26. The molecule has 3 aromatic rings. The molecule has 142 valence electrons. The summed E-state index contributed by atoms with van der Waals surface area (Å²) in [6.07, 6.45) is 1.56. The van der Waals surface area contributed by atoms with Crippen molar-refractivity contribution in [1.82, 2.24) is 5.43 Å². The summed E-state index contributed by atoms with van der Waals surface area (Å²) in [6, 6.07) is 24.7. The summed E-state index contributed by atoms with van der Waals surface area (Å²) in [5, 5.41) is 4.13. The Morgan fingerprint density at radius 1 is 0.893 bits per heavy atom. The summed E-state index contributed by atoms with van der Waals surface area (Å²) in [6.45, 7) is 0. The van der Waals surface area contributed by atoms with Gasteiger partial charge in [0.2, 0.25) is 0 Å². The van der Waals surface area contributed by atoms with Gasteiger partial charge in [-0.2, -0.15) is 5.10 Å². The van der Waals surface area contributed by atoms with Crippen molar-refractivity contribution in [2.45, 2.75) is 5.92 Å². The van der Waals surface area contributed by atoms with Gasteiger partial charge in [0, 0.05) is 11.6 Å². The summed E-state index contributed by atoms with van der Waals surface area (Å²) >= 11 is 0. The van der Waals surface area contributed by atoms with Crippen LogP contribution in [0.5, 0.6) is 11.5 Å². The smallest absolute Gasteiger partial charge is 0.252 e. The van der Waals surface area contributed by atoms with Crippen LogP contribution in [0.1, 0.15) is 22.6 Å². The zero-order valence-corrected chi connectivity index (χ0v) is 15.8. The molecule has 0 aliphatic carbocycles. The van der Waals surface area contributed by atoms with Gasteiger partial charge in [0.1, 0.15) is 11.5 Å². The molecule has 0 bridgehead atoms. The molecule has 1 N–H and O–H groups in total. The van der Waals surface area contributed by atoms with E-state index in [9.17, 15) is 4.79 Å². The monoisotopic (exact) mass is 374 g/mol. The lowest BCUT2D eigenvalue weighted by Gasteiger charge is -2.16. The summed E-state index contributed by atoms with van der Waals surface area (Å²) in [4.78, 5) is 12.9. The van der Waals surface area contributed by atoms with Gasteiger partial charge < -0.3 is 9.47 Å². The Labute approximate surface area is 164 Å². The second-order valence-corrected chi connectivity index (χ2v) is 6.10. The maximum absolute atomic E-state index is 12.9. The maximum Gasteiger partial charge on any atom is 0.252 e. The molecule has 0 aliphatic rings. The highest BCUT2D eigenvalue weighted by atomic mass is 16.5. The van der Waals surface area contributed by atoms with Gasteiger partial charge >= 0.3 is 0 Å². The van der Waals surface area contributed by atoms with Crippen molar-refractivity contribution in [2.24, 2.45) is 5.10 Å². The molecule has 0 saturated carbocycles. The number of nitrogens with zero attached hydrogens (tertiary/aromatic N) is 1. The lowest BCUT2D eigenvalue weighted by atomic mass is 9.91. The number of rotatable bonds is 7. The van der Waals surface area contributed by atoms with Crippen molar-refractivity contribution in [1.29, 1.82) is 0 Å². The minimum atomic E-state index is -0.447. The number of benzene rings is 3. The van der Waals surface area contributed by atoms with Crippen LogP contribution in [0.25, 0.3) is 0 Å². The van der Waals surface area contributed by atoms with Gasteiger partial charge in [0.25, 0.3) is 5.91 Å². The number of hydrogen-bond donors (Lipinski definition) is 1. The van der Waals surface area contributed by atoms with E-state index in [4.69, 9.17) is 9.47 Å². The van der Waals surface area contributed by atoms with Crippen LogP contribution in [0, 0.1) is 0 Å². The number of methoxy groups -OCH3 is 2. The predicted molar refractivity (Wildman–Crippen MR) is 110 cm³/mol. The minimum Gasteiger partial charge on any atom is -0.497 e. The van der Waals surface area contributed by atoms with Crippen LogP contribution >= 0.6 is 0 Å². The highest BCUT2D eigenvalue weighted by Crippen LogP contribution is 2.25. The van der Waals surface area contributed by atoms with E-state index >= 15 is 0 Å². The van der Waals surface area contributed by atoms with Crippen molar-refractivity contribution >= 4 is 12.1 Å². The molecule has 0 unspecified atom stereocenters. The first kappa shape index (κ1) is 19.2. The first-order valence-electron chi connectivity index (χ1n) is 8.87. The SMILES string of the molecule is COc1ccc(/C=N/NC(=O)C(c2ccccc2)c2ccccc2)c(OC)c1. The molecule has 3 aromatic carbocycles. The Morgan fingerprint density at radius 2 is 1.50 bits per heavy atom. The zero-order chi connectivity index (χ0) is 19.8. The summed E-state index contributed by atoms with van der Waals surface area (Å²) in [5.74, 6) is 0.643. The van der Waals surface area contributed by atoms with Gasteiger partial charge in [-0.1, -0.05) is 60.7 Å². The fourth-order valence-electron chi connectivity index (χ4n) is 2.94. The van der Waals surface area contributed by atoms with Gasteiger partial charge in [-0.3, -0.25) is 4.79 Å². The number of carbonyl (C=O) groups is 1. The second-order valence-electron chi connectivity index (χ2n) is 6.10. The molecule has 0 spiro atoms. The molecule has 0 radical (unpaired) electrons. The molecule has 5 heteroatoms. The fourth-order valence-corrected chi connectivity index (χ4v) is 2.94. The Hall–Kier alpha value is -3.60. The van der Waals surface area contributed by atoms with Gasteiger partial charge in [0.05, 0.1) is 26.4 Å². The van der Waals surface area contributed by atoms with Crippen LogP contribution in [0.15, 0.2) is 84.0 Å². The fraction of sp³-hybridized carbons (Fsp3) is 0.130. The molecule has 0 heterocycles. The molecule has 1 amide bonds. The first-order valence-corrected chi connectivity index (χ1v) is 8.87.